The minimum absolute atomic E-state index is 0.0662. The third-order valence-corrected chi connectivity index (χ3v) is 6.32. The zero-order valence-corrected chi connectivity index (χ0v) is 17.2. The van der Waals surface area contributed by atoms with E-state index in [0.29, 0.717) is 16.5 Å². The van der Waals surface area contributed by atoms with Crippen molar-refractivity contribution in [1.82, 2.24) is 9.47 Å². The van der Waals surface area contributed by atoms with Crippen LogP contribution in [0.4, 0.5) is 0 Å². The van der Waals surface area contributed by atoms with Crippen LogP contribution in [0.1, 0.15) is 20.7 Å². The van der Waals surface area contributed by atoms with Crippen molar-refractivity contribution in [1.29, 1.82) is 0 Å². The van der Waals surface area contributed by atoms with Gasteiger partial charge in [-0.1, -0.05) is 60.7 Å². The van der Waals surface area contributed by atoms with E-state index in [4.69, 9.17) is 0 Å². The molecular formula is C27H20N2O3. The number of rotatable bonds is 4. The standard InChI is InChI=1S/C27H20N2O3/c30-18(15-28-23-13-3-1-9-19(23)20-10-2-4-14-24(20)28)16-29-26(31)21-11-5-7-17-8-6-12-22(25(17)21)27(29)32/h1-14,18,30H,15-16H2. The second-order valence-corrected chi connectivity index (χ2v) is 8.23. The van der Waals surface area contributed by atoms with E-state index in [2.05, 4.69) is 16.7 Å². The number of aliphatic hydroxyl groups excluding tert-OH is 1. The van der Waals surface area contributed by atoms with Gasteiger partial charge in [-0.3, -0.25) is 14.5 Å². The largest absolute Gasteiger partial charge is 0.389 e. The Morgan fingerprint density at radius 1 is 0.656 bits per heavy atom. The summed E-state index contributed by atoms with van der Waals surface area (Å²) < 4.78 is 2.06. The van der Waals surface area contributed by atoms with Crippen LogP contribution < -0.4 is 0 Å². The van der Waals surface area contributed by atoms with Gasteiger partial charge in [-0.2, -0.15) is 0 Å². The van der Waals surface area contributed by atoms with Crippen molar-refractivity contribution in [2.24, 2.45) is 0 Å². The minimum atomic E-state index is -0.911. The fourth-order valence-corrected chi connectivity index (χ4v) is 4.93. The Labute approximate surface area is 184 Å². The number of amides is 2. The summed E-state index contributed by atoms with van der Waals surface area (Å²) in [6.45, 7) is 0.208. The summed E-state index contributed by atoms with van der Waals surface area (Å²) in [6, 6.07) is 27.0. The van der Waals surface area contributed by atoms with Crippen molar-refractivity contribution in [2.45, 2.75) is 12.6 Å². The van der Waals surface area contributed by atoms with Crippen molar-refractivity contribution in [3.05, 3.63) is 96.1 Å². The molecule has 0 saturated carbocycles. The Balaban J connectivity index is 1.36. The fraction of sp³-hybridized carbons (Fsp3) is 0.111. The highest BCUT2D eigenvalue weighted by molar-refractivity contribution is 6.25. The third-order valence-electron chi connectivity index (χ3n) is 6.32. The Hall–Kier alpha value is -3.96. The van der Waals surface area contributed by atoms with Crippen molar-refractivity contribution in [3.8, 4) is 0 Å². The van der Waals surface area contributed by atoms with Gasteiger partial charge in [0.1, 0.15) is 0 Å². The van der Waals surface area contributed by atoms with Crippen LogP contribution >= 0.6 is 0 Å². The monoisotopic (exact) mass is 420 g/mol. The highest BCUT2D eigenvalue weighted by atomic mass is 16.3. The van der Waals surface area contributed by atoms with Gasteiger partial charge in [0.25, 0.3) is 11.8 Å². The van der Waals surface area contributed by atoms with E-state index in [1.54, 1.807) is 12.1 Å². The highest BCUT2D eigenvalue weighted by Crippen LogP contribution is 2.31. The molecular weight excluding hydrogens is 400 g/mol. The second kappa shape index (κ2) is 7.04. The van der Waals surface area contributed by atoms with Gasteiger partial charge >= 0.3 is 0 Å². The number of aromatic nitrogens is 1. The first-order chi connectivity index (χ1) is 15.6. The molecule has 0 aliphatic carbocycles. The molecule has 5 nitrogen and oxygen atoms in total. The maximum absolute atomic E-state index is 13.2. The lowest BCUT2D eigenvalue weighted by Gasteiger charge is -2.29. The van der Waals surface area contributed by atoms with Gasteiger partial charge in [0.2, 0.25) is 0 Å². The minimum Gasteiger partial charge on any atom is -0.389 e. The van der Waals surface area contributed by atoms with E-state index < -0.39 is 6.10 Å². The maximum Gasteiger partial charge on any atom is 0.261 e. The number of hydrogen-bond acceptors (Lipinski definition) is 3. The SMILES string of the molecule is O=C1c2cccc3cccc(c23)C(=O)N1CC(O)Cn1c2ccccc2c2ccccc21. The van der Waals surface area contributed by atoms with Gasteiger partial charge in [0, 0.05) is 38.3 Å². The van der Waals surface area contributed by atoms with Crippen LogP contribution in [0.15, 0.2) is 84.9 Å². The van der Waals surface area contributed by atoms with Crippen LogP contribution in [0, 0.1) is 0 Å². The first-order valence-corrected chi connectivity index (χ1v) is 10.7. The number of imide groups is 1. The Bertz CT molecular complexity index is 1450. The molecule has 1 atom stereocenters. The van der Waals surface area contributed by atoms with Crippen LogP contribution in [0.5, 0.6) is 0 Å². The predicted octanol–water partition coefficient (Wildman–Crippen LogP) is 4.60. The van der Waals surface area contributed by atoms with E-state index in [0.717, 1.165) is 27.2 Å². The number of nitrogens with zero attached hydrogens (tertiary/aromatic N) is 2. The molecule has 5 aromatic rings. The van der Waals surface area contributed by atoms with Gasteiger partial charge < -0.3 is 9.67 Å². The molecule has 32 heavy (non-hydrogen) atoms. The summed E-state index contributed by atoms with van der Waals surface area (Å²) in [7, 11) is 0. The highest BCUT2D eigenvalue weighted by Gasteiger charge is 2.34. The molecule has 2 amide bonds. The number of hydrogen-bond donors (Lipinski definition) is 1. The lowest BCUT2D eigenvalue weighted by atomic mass is 9.94. The molecule has 1 unspecified atom stereocenters. The molecule has 0 bridgehead atoms. The summed E-state index contributed by atoms with van der Waals surface area (Å²) >= 11 is 0. The van der Waals surface area contributed by atoms with Crippen LogP contribution in [-0.2, 0) is 6.54 Å². The van der Waals surface area contributed by atoms with E-state index in [-0.39, 0.29) is 24.9 Å². The molecule has 5 heteroatoms. The van der Waals surface area contributed by atoms with Crippen LogP contribution in [-0.4, -0.2) is 39.0 Å². The molecule has 1 N–H and O–H groups in total. The van der Waals surface area contributed by atoms with Gasteiger partial charge in [0.15, 0.2) is 0 Å². The van der Waals surface area contributed by atoms with Crippen molar-refractivity contribution < 1.29 is 14.7 Å². The quantitative estimate of drug-likeness (QED) is 0.432. The molecule has 0 radical (unpaired) electrons. The molecule has 1 aromatic heterocycles. The second-order valence-electron chi connectivity index (χ2n) is 8.23. The van der Waals surface area contributed by atoms with E-state index in [1.807, 2.05) is 60.7 Å². The van der Waals surface area contributed by atoms with E-state index >= 15 is 0 Å². The molecule has 0 spiro atoms. The van der Waals surface area contributed by atoms with Crippen LogP contribution in [0.3, 0.4) is 0 Å². The normalized spacial score (nSPS) is 14.6. The first-order valence-electron chi connectivity index (χ1n) is 10.7. The zero-order chi connectivity index (χ0) is 21.8. The summed E-state index contributed by atoms with van der Waals surface area (Å²) in [6.07, 6.45) is -0.911. The Kier molecular flexibility index (Phi) is 4.13. The fourth-order valence-electron chi connectivity index (χ4n) is 4.93. The number of β-amino-alcohol motifs (C(OH)–C–C–N with tert-alkyl or cyclic N) is 1. The molecule has 2 heterocycles. The first kappa shape index (κ1) is 18.8. The number of carbonyl (C=O) groups is 2. The van der Waals surface area contributed by atoms with Gasteiger partial charge in [-0.05, 0) is 29.7 Å². The van der Waals surface area contributed by atoms with Gasteiger partial charge in [-0.25, -0.2) is 0 Å². The van der Waals surface area contributed by atoms with E-state index in [9.17, 15) is 14.7 Å². The molecule has 1 aliphatic rings. The molecule has 1 aliphatic heterocycles. The lowest BCUT2D eigenvalue weighted by Crippen LogP contribution is -2.45. The molecule has 0 fully saturated rings. The van der Waals surface area contributed by atoms with Crippen LogP contribution in [0.2, 0.25) is 0 Å². The van der Waals surface area contributed by atoms with Gasteiger partial charge in [-0.15, -0.1) is 0 Å². The lowest BCUT2D eigenvalue weighted by molar-refractivity contribution is 0.0482. The number of fused-ring (bicyclic) bond motifs is 3. The van der Waals surface area contributed by atoms with Crippen molar-refractivity contribution >= 4 is 44.4 Å². The molecule has 4 aromatic carbocycles. The summed E-state index contributed by atoms with van der Waals surface area (Å²) in [4.78, 5) is 27.5. The Morgan fingerprint density at radius 2 is 1.19 bits per heavy atom. The average molecular weight is 420 g/mol. The number of aliphatic hydroxyl groups is 1. The number of carbonyl (C=O) groups excluding carboxylic acids is 2. The molecule has 156 valence electrons. The topological polar surface area (TPSA) is 62.5 Å². The molecule has 6 rings (SSSR count). The summed E-state index contributed by atoms with van der Waals surface area (Å²) in [5, 5.41) is 14.8. The number of benzene rings is 4. The summed E-state index contributed by atoms with van der Waals surface area (Å²) in [5.74, 6) is -0.721. The Morgan fingerprint density at radius 3 is 1.75 bits per heavy atom. The van der Waals surface area contributed by atoms with Crippen LogP contribution in [0.25, 0.3) is 32.6 Å². The summed E-state index contributed by atoms with van der Waals surface area (Å²) in [5.41, 5.74) is 3.03. The smallest absolute Gasteiger partial charge is 0.261 e. The number of para-hydroxylation sites is 2. The van der Waals surface area contributed by atoms with E-state index in [1.165, 1.54) is 4.90 Å². The van der Waals surface area contributed by atoms with Gasteiger partial charge in [0.05, 0.1) is 19.2 Å². The molecule has 0 saturated heterocycles. The zero-order valence-electron chi connectivity index (χ0n) is 17.2. The third kappa shape index (κ3) is 2.68. The maximum atomic E-state index is 13.2. The average Bonchev–Trinajstić information content (AvgIpc) is 3.14. The van der Waals surface area contributed by atoms with Crippen molar-refractivity contribution in [3.63, 3.8) is 0 Å². The van der Waals surface area contributed by atoms with Crippen molar-refractivity contribution in [2.75, 3.05) is 6.54 Å². The predicted molar refractivity (Wildman–Crippen MR) is 125 cm³/mol.